The van der Waals surface area contributed by atoms with Gasteiger partial charge in [0.2, 0.25) is 0 Å². The molecule has 2 N–H and O–H groups in total. The fourth-order valence-corrected chi connectivity index (χ4v) is 4.22. The summed E-state index contributed by atoms with van der Waals surface area (Å²) in [5, 5.41) is 8.27. The first kappa shape index (κ1) is 23.6. The minimum absolute atomic E-state index is 0.134. The zero-order valence-electron chi connectivity index (χ0n) is 20.0. The number of hydrogen-bond acceptors (Lipinski definition) is 8. The molecular formula is C25H26F2N8O. The average Bonchev–Trinajstić information content (AvgIpc) is 3.41. The van der Waals surface area contributed by atoms with E-state index in [0.29, 0.717) is 41.3 Å². The van der Waals surface area contributed by atoms with Crippen LogP contribution in [-0.4, -0.2) is 63.1 Å². The van der Waals surface area contributed by atoms with Crippen molar-refractivity contribution in [3.05, 3.63) is 72.3 Å². The number of hydrogen-bond donors (Lipinski definition) is 1. The van der Waals surface area contributed by atoms with E-state index >= 15 is 4.39 Å². The summed E-state index contributed by atoms with van der Waals surface area (Å²) in [7, 11) is 2.04. The van der Waals surface area contributed by atoms with Gasteiger partial charge < -0.3 is 20.3 Å². The Hall–Kier alpha value is -4.12. The number of ether oxygens (including phenoxy) is 1. The molecule has 4 heterocycles. The summed E-state index contributed by atoms with van der Waals surface area (Å²) in [6, 6.07) is 7.51. The topological polar surface area (TPSA) is 98.2 Å². The minimum Gasteiger partial charge on any atom is -0.482 e. The number of piperazine rings is 1. The second kappa shape index (κ2) is 9.86. The average molecular weight is 493 g/mol. The third kappa shape index (κ3) is 4.69. The highest BCUT2D eigenvalue weighted by Gasteiger charge is 2.22. The van der Waals surface area contributed by atoms with Gasteiger partial charge in [0, 0.05) is 55.3 Å². The summed E-state index contributed by atoms with van der Waals surface area (Å²) >= 11 is 0. The van der Waals surface area contributed by atoms with Gasteiger partial charge in [-0.3, -0.25) is 0 Å². The van der Waals surface area contributed by atoms with Crippen molar-refractivity contribution in [1.29, 1.82) is 0 Å². The van der Waals surface area contributed by atoms with Crippen molar-refractivity contribution in [3.8, 4) is 22.6 Å². The fourth-order valence-electron chi connectivity index (χ4n) is 4.22. The third-order valence-corrected chi connectivity index (χ3v) is 6.23. The normalized spacial score (nSPS) is 15.2. The van der Waals surface area contributed by atoms with E-state index in [0.717, 1.165) is 13.1 Å². The van der Waals surface area contributed by atoms with Crippen molar-refractivity contribution in [2.75, 3.05) is 43.9 Å². The van der Waals surface area contributed by atoms with E-state index in [1.54, 1.807) is 31.3 Å². The lowest BCUT2D eigenvalue weighted by atomic mass is 10.1. The van der Waals surface area contributed by atoms with Crippen LogP contribution in [0.5, 0.6) is 5.75 Å². The number of halogens is 2. The van der Waals surface area contributed by atoms with Crippen LogP contribution in [0.4, 0.5) is 20.4 Å². The summed E-state index contributed by atoms with van der Waals surface area (Å²) in [5.41, 5.74) is 8.01. The molecule has 0 aliphatic carbocycles. The highest BCUT2D eigenvalue weighted by atomic mass is 19.1. The van der Waals surface area contributed by atoms with E-state index in [9.17, 15) is 4.39 Å². The van der Waals surface area contributed by atoms with Crippen molar-refractivity contribution in [3.63, 3.8) is 0 Å². The maximum absolute atomic E-state index is 15.6. The molecule has 3 aromatic heterocycles. The number of nitrogens with two attached hydrogens (primary N) is 1. The maximum Gasteiger partial charge on any atom is 0.173 e. The van der Waals surface area contributed by atoms with E-state index < -0.39 is 17.7 Å². The van der Waals surface area contributed by atoms with Crippen LogP contribution in [0.2, 0.25) is 0 Å². The Bertz CT molecular complexity index is 1360. The number of benzene rings is 1. The molecule has 4 aromatic rings. The fraction of sp³-hybridized carbons (Fsp3) is 0.280. The lowest BCUT2D eigenvalue weighted by Crippen LogP contribution is -2.45. The summed E-state index contributed by atoms with van der Waals surface area (Å²) in [6.07, 6.45) is 5.51. The summed E-state index contributed by atoms with van der Waals surface area (Å²) in [6.45, 7) is 4.81. The summed E-state index contributed by atoms with van der Waals surface area (Å²) < 4.78 is 35.8. The number of rotatable bonds is 6. The molecule has 9 nitrogen and oxygen atoms in total. The standard InChI is InChI=1S/C25H26F2N8O/c1-16(20-14-18(26)3-4-21(20)35-31-7-8-32-35)36-22-13-17(15-30-24(22)28)19-5-6-29-25(23(19)27)34-11-9-33(2)10-12-34/h3-8,13-16H,9-12H2,1-2H3,(H2,28,30)/t16-/m1/s1. The second-order valence-corrected chi connectivity index (χ2v) is 8.68. The molecule has 0 spiro atoms. The summed E-state index contributed by atoms with van der Waals surface area (Å²) in [5.74, 6) is -0.156. The first-order valence-electron chi connectivity index (χ1n) is 11.6. The smallest absolute Gasteiger partial charge is 0.173 e. The largest absolute Gasteiger partial charge is 0.482 e. The Morgan fingerprint density at radius 3 is 2.47 bits per heavy atom. The molecule has 1 atom stereocenters. The van der Waals surface area contributed by atoms with Crippen LogP contribution in [0, 0.1) is 11.6 Å². The molecule has 0 amide bonds. The Balaban J connectivity index is 1.45. The van der Waals surface area contributed by atoms with Crippen molar-refractivity contribution in [2.45, 2.75) is 13.0 Å². The Labute approximate surface area is 207 Å². The van der Waals surface area contributed by atoms with Crippen LogP contribution in [0.1, 0.15) is 18.6 Å². The molecule has 11 heteroatoms. The monoisotopic (exact) mass is 492 g/mol. The Morgan fingerprint density at radius 2 is 1.72 bits per heavy atom. The molecule has 36 heavy (non-hydrogen) atoms. The third-order valence-electron chi connectivity index (χ3n) is 6.23. The van der Waals surface area contributed by atoms with Gasteiger partial charge in [-0.15, -0.1) is 0 Å². The molecule has 0 unspecified atom stereocenters. The molecule has 1 aliphatic heterocycles. The number of pyridine rings is 2. The van der Waals surface area contributed by atoms with E-state index in [-0.39, 0.29) is 11.6 Å². The highest BCUT2D eigenvalue weighted by molar-refractivity contribution is 5.70. The number of anilines is 2. The molecule has 0 bridgehead atoms. The quantitative estimate of drug-likeness (QED) is 0.437. The van der Waals surface area contributed by atoms with Crippen LogP contribution < -0.4 is 15.4 Å². The van der Waals surface area contributed by atoms with Crippen LogP contribution in [0.15, 0.2) is 55.1 Å². The van der Waals surface area contributed by atoms with Gasteiger partial charge in [0.1, 0.15) is 11.9 Å². The van der Waals surface area contributed by atoms with Gasteiger partial charge in [-0.1, -0.05) is 0 Å². The first-order valence-corrected chi connectivity index (χ1v) is 11.6. The molecule has 1 aromatic carbocycles. The lowest BCUT2D eigenvalue weighted by Gasteiger charge is -2.33. The maximum atomic E-state index is 15.6. The van der Waals surface area contributed by atoms with Crippen molar-refractivity contribution in [1.82, 2.24) is 29.9 Å². The molecule has 0 saturated carbocycles. The lowest BCUT2D eigenvalue weighted by molar-refractivity contribution is 0.226. The number of nitrogen functional groups attached to an aromatic ring is 1. The molecule has 1 aliphatic rings. The molecule has 186 valence electrons. The van der Waals surface area contributed by atoms with Crippen LogP contribution in [0.25, 0.3) is 16.8 Å². The van der Waals surface area contributed by atoms with E-state index in [1.807, 2.05) is 11.9 Å². The van der Waals surface area contributed by atoms with Crippen LogP contribution in [0.3, 0.4) is 0 Å². The SMILES string of the molecule is C[C@@H](Oc1cc(-c2ccnc(N3CCN(C)CC3)c2F)cnc1N)c1cc(F)ccc1-n1nccn1. The van der Waals surface area contributed by atoms with Crippen LogP contribution >= 0.6 is 0 Å². The van der Waals surface area contributed by atoms with E-state index in [4.69, 9.17) is 10.5 Å². The molecule has 5 rings (SSSR count). The Kier molecular flexibility index (Phi) is 6.47. The zero-order chi connectivity index (χ0) is 25.2. The van der Waals surface area contributed by atoms with Gasteiger partial charge >= 0.3 is 0 Å². The van der Waals surface area contributed by atoms with Crippen molar-refractivity contribution >= 4 is 11.6 Å². The number of nitrogens with zero attached hydrogens (tertiary/aromatic N) is 7. The van der Waals surface area contributed by atoms with Crippen LogP contribution in [-0.2, 0) is 0 Å². The van der Waals surface area contributed by atoms with E-state index in [1.165, 1.54) is 35.5 Å². The molecular weight excluding hydrogens is 466 g/mol. The van der Waals surface area contributed by atoms with Gasteiger partial charge in [0.25, 0.3) is 0 Å². The number of aromatic nitrogens is 5. The van der Waals surface area contributed by atoms with Gasteiger partial charge in [-0.25, -0.2) is 18.7 Å². The molecule has 0 radical (unpaired) electrons. The van der Waals surface area contributed by atoms with Gasteiger partial charge in [-0.05, 0) is 44.3 Å². The summed E-state index contributed by atoms with van der Waals surface area (Å²) in [4.78, 5) is 14.0. The minimum atomic E-state index is -0.635. The van der Waals surface area contributed by atoms with E-state index in [2.05, 4.69) is 25.1 Å². The molecule has 1 saturated heterocycles. The van der Waals surface area contributed by atoms with Crippen molar-refractivity contribution in [2.24, 2.45) is 0 Å². The first-order chi connectivity index (χ1) is 17.4. The van der Waals surface area contributed by atoms with Gasteiger partial charge in [-0.2, -0.15) is 15.0 Å². The van der Waals surface area contributed by atoms with Gasteiger partial charge in [0.05, 0.1) is 18.1 Å². The van der Waals surface area contributed by atoms with Crippen molar-refractivity contribution < 1.29 is 13.5 Å². The number of likely N-dealkylation sites (N-methyl/N-ethyl adjacent to an activating group) is 1. The predicted molar refractivity (Wildman–Crippen MR) is 132 cm³/mol. The molecule has 1 fully saturated rings. The Morgan fingerprint density at radius 1 is 0.972 bits per heavy atom. The second-order valence-electron chi connectivity index (χ2n) is 8.68. The predicted octanol–water partition coefficient (Wildman–Crippen LogP) is 3.48. The van der Waals surface area contributed by atoms with Gasteiger partial charge in [0.15, 0.2) is 23.2 Å². The highest BCUT2D eigenvalue weighted by Crippen LogP contribution is 2.34. The zero-order valence-corrected chi connectivity index (χ0v) is 20.0.